The Morgan fingerprint density at radius 1 is 1.13 bits per heavy atom. The van der Waals surface area contributed by atoms with Crippen molar-refractivity contribution in [2.24, 2.45) is 0 Å². The van der Waals surface area contributed by atoms with Crippen LogP contribution >= 0.6 is 11.6 Å². The molecule has 166 valence electrons. The maximum atomic E-state index is 12.7. The van der Waals surface area contributed by atoms with Gasteiger partial charge in [-0.15, -0.1) is 0 Å². The fourth-order valence-corrected chi connectivity index (χ4v) is 5.01. The third-order valence-electron chi connectivity index (χ3n) is 5.58. The van der Waals surface area contributed by atoms with E-state index in [4.69, 9.17) is 16.3 Å². The summed E-state index contributed by atoms with van der Waals surface area (Å²) in [5, 5.41) is 3.25. The van der Waals surface area contributed by atoms with E-state index < -0.39 is 16.1 Å². The van der Waals surface area contributed by atoms with Crippen molar-refractivity contribution in [2.75, 3.05) is 30.2 Å². The molecule has 1 amide bonds. The summed E-state index contributed by atoms with van der Waals surface area (Å²) in [6.45, 7) is 3.49. The summed E-state index contributed by atoms with van der Waals surface area (Å²) in [5.41, 5.74) is 2.57. The first-order valence-corrected chi connectivity index (χ1v) is 12.5. The molecule has 2 aromatic rings. The molecule has 2 heterocycles. The Kier molecular flexibility index (Phi) is 6.41. The summed E-state index contributed by atoms with van der Waals surface area (Å²) in [6.07, 6.45) is 2.68. The van der Waals surface area contributed by atoms with Gasteiger partial charge in [0, 0.05) is 18.1 Å². The largest absolute Gasteiger partial charge is 0.476 e. The van der Waals surface area contributed by atoms with Crippen LogP contribution in [0.2, 0.25) is 5.02 Å². The number of fused-ring (bicyclic) bond motifs is 1. The van der Waals surface area contributed by atoms with Gasteiger partial charge in [-0.05, 0) is 55.3 Å². The molecule has 1 fully saturated rings. The monoisotopic (exact) mass is 463 g/mol. The van der Waals surface area contributed by atoms with Crippen molar-refractivity contribution in [3.05, 3.63) is 58.6 Å². The number of carbonyl (C=O) groups is 1. The van der Waals surface area contributed by atoms with E-state index in [9.17, 15) is 13.2 Å². The number of hydrogen-bond acceptors (Lipinski definition) is 5. The number of amides is 1. The van der Waals surface area contributed by atoms with Gasteiger partial charge in [-0.1, -0.05) is 35.9 Å². The van der Waals surface area contributed by atoms with Crippen molar-refractivity contribution >= 4 is 33.2 Å². The van der Waals surface area contributed by atoms with E-state index in [2.05, 4.69) is 22.3 Å². The maximum Gasteiger partial charge on any atom is 0.263 e. The lowest BCUT2D eigenvalue weighted by molar-refractivity contribution is -0.127. The van der Waals surface area contributed by atoms with Gasteiger partial charge >= 0.3 is 0 Å². The number of sulfonamides is 1. The number of benzene rings is 2. The molecule has 0 saturated carbocycles. The Bertz CT molecular complexity index is 1050. The molecule has 2 aliphatic rings. The number of carbonyl (C=O) groups excluding carboxylic acids is 1. The maximum absolute atomic E-state index is 12.7. The molecule has 0 bridgehead atoms. The number of nitrogens with one attached hydrogen (secondary N) is 1. The molecular weight excluding hydrogens is 438 g/mol. The number of rotatable bonds is 6. The van der Waals surface area contributed by atoms with Crippen LogP contribution in [0.25, 0.3) is 0 Å². The Morgan fingerprint density at radius 2 is 1.81 bits per heavy atom. The van der Waals surface area contributed by atoms with Crippen LogP contribution in [0.5, 0.6) is 5.75 Å². The molecule has 31 heavy (non-hydrogen) atoms. The van der Waals surface area contributed by atoms with Crippen LogP contribution in [0.3, 0.4) is 0 Å². The zero-order valence-corrected chi connectivity index (χ0v) is 19.0. The van der Waals surface area contributed by atoms with E-state index in [1.807, 2.05) is 12.1 Å². The highest BCUT2D eigenvalue weighted by molar-refractivity contribution is 7.92. The summed E-state index contributed by atoms with van der Waals surface area (Å²) in [5.74, 6) is -0.0529. The summed E-state index contributed by atoms with van der Waals surface area (Å²) in [6, 6.07) is 12.9. The van der Waals surface area contributed by atoms with E-state index in [-0.39, 0.29) is 12.5 Å². The van der Waals surface area contributed by atoms with Gasteiger partial charge in [-0.3, -0.25) is 14.0 Å². The molecule has 0 aliphatic carbocycles. The van der Waals surface area contributed by atoms with Gasteiger partial charge < -0.3 is 10.1 Å². The zero-order valence-electron chi connectivity index (χ0n) is 17.4. The Balaban J connectivity index is 1.39. The van der Waals surface area contributed by atoms with Gasteiger partial charge in [0.1, 0.15) is 5.75 Å². The predicted molar refractivity (Wildman–Crippen MR) is 121 cm³/mol. The van der Waals surface area contributed by atoms with Crippen molar-refractivity contribution in [3.63, 3.8) is 0 Å². The fraction of sp³-hybridized carbons (Fsp3) is 0.409. The SMILES string of the molecule is CS(=O)(=O)N1CC(C(=O)NCc2ccc(CN3CCCC3)cc2)Oc2ccc(Cl)cc21. The van der Waals surface area contributed by atoms with E-state index in [1.165, 1.54) is 24.5 Å². The first-order chi connectivity index (χ1) is 14.8. The van der Waals surface area contributed by atoms with Crippen LogP contribution in [0, 0.1) is 0 Å². The fourth-order valence-electron chi connectivity index (χ4n) is 3.94. The van der Waals surface area contributed by atoms with Crippen LogP contribution in [0.1, 0.15) is 24.0 Å². The second-order valence-electron chi connectivity index (χ2n) is 8.03. The van der Waals surface area contributed by atoms with Gasteiger partial charge in [0.2, 0.25) is 10.0 Å². The van der Waals surface area contributed by atoms with Gasteiger partial charge in [-0.25, -0.2) is 8.42 Å². The van der Waals surface area contributed by atoms with Crippen molar-refractivity contribution in [2.45, 2.75) is 32.0 Å². The average Bonchev–Trinajstić information content (AvgIpc) is 3.24. The Labute approximate surface area is 188 Å². The summed E-state index contributed by atoms with van der Waals surface area (Å²) in [7, 11) is -3.59. The molecule has 0 spiro atoms. The molecule has 1 unspecified atom stereocenters. The molecule has 0 aromatic heterocycles. The minimum atomic E-state index is -3.59. The van der Waals surface area contributed by atoms with E-state index in [0.717, 1.165) is 35.8 Å². The van der Waals surface area contributed by atoms with Crippen LogP contribution in [-0.4, -0.2) is 51.2 Å². The number of hydrogen-bond donors (Lipinski definition) is 1. The highest BCUT2D eigenvalue weighted by atomic mass is 35.5. The van der Waals surface area contributed by atoms with E-state index >= 15 is 0 Å². The first-order valence-electron chi connectivity index (χ1n) is 10.3. The lowest BCUT2D eigenvalue weighted by Crippen LogP contribution is -2.50. The molecule has 1 saturated heterocycles. The Hall–Kier alpha value is -2.29. The number of anilines is 1. The van der Waals surface area contributed by atoms with Gasteiger partial charge in [0.25, 0.3) is 5.91 Å². The molecule has 4 rings (SSSR count). The molecule has 7 nitrogen and oxygen atoms in total. The summed E-state index contributed by atoms with van der Waals surface area (Å²) >= 11 is 6.01. The number of halogens is 1. The van der Waals surface area contributed by atoms with Crippen molar-refractivity contribution in [1.82, 2.24) is 10.2 Å². The molecule has 2 aliphatic heterocycles. The van der Waals surface area contributed by atoms with Crippen molar-refractivity contribution < 1.29 is 17.9 Å². The summed E-state index contributed by atoms with van der Waals surface area (Å²) in [4.78, 5) is 15.2. The molecule has 0 radical (unpaired) electrons. The smallest absolute Gasteiger partial charge is 0.263 e. The second kappa shape index (κ2) is 9.06. The van der Waals surface area contributed by atoms with Crippen LogP contribution in [-0.2, 0) is 27.9 Å². The molecular formula is C22H26ClN3O4S. The number of likely N-dealkylation sites (tertiary alicyclic amines) is 1. The number of nitrogens with zero attached hydrogens (tertiary/aromatic N) is 2. The average molecular weight is 464 g/mol. The quantitative estimate of drug-likeness (QED) is 0.712. The number of ether oxygens (including phenoxy) is 1. The first kappa shape index (κ1) is 21.9. The second-order valence-corrected chi connectivity index (χ2v) is 10.4. The van der Waals surface area contributed by atoms with Crippen LogP contribution in [0.4, 0.5) is 5.69 Å². The van der Waals surface area contributed by atoms with Crippen molar-refractivity contribution in [3.8, 4) is 5.75 Å². The predicted octanol–water partition coefficient (Wildman–Crippen LogP) is 2.78. The lowest BCUT2D eigenvalue weighted by Gasteiger charge is -2.34. The third-order valence-corrected chi connectivity index (χ3v) is 6.96. The zero-order chi connectivity index (χ0) is 22.0. The third kappa shape index (κ3) is 5.31. The highest BCUT2D eigenvalue weighted by Gasteiger charge is 2.35. The van der Waals surface area contributed by atoms with Crippen LogP contribution in [0.15, 0.2) is 42.5 Å². The van der Waals surface area contributed by atoms with Gasteiger partial charge in [-0.2, -0.15) is 0 Å². The molecule has 9 heteroatoms. The summed E-state index contributed by atoms with van der Waals surface area (Å²) < 4.78 is 31.4. The highest BCUT2D eigenvalue weighted by Crippen LogP contribution is 2.37. The van der Waals surface area contributed by atoms with Gasteiger partial charge in [0.15, 0.2) is 6.10 Å². The molecule has 1 atom stereocenters. The van der Waals surface area contributed by atoms with Gasteiger partial charge in [0.05, 0.1) is 18.5 Å². The van der Waals surface area contributed by atoms with E-state index in [1.54, 1.807) is 12.1 Å². The lowest BCUT2D eigenvalue weighted by atomic mass is 10.1. The van der Waals surface area contributed by atoms with Crippen molar-refractivity contribution in [1.29, 1.82) is 0 Å². The minimum Gasteiger partial charge on any atom is -0.476 e. The Morgan fingerprint density at radius 3 is 2.48 bits per heavy atom. The topological polar surface area (TPSA) is 79.0 Å². The standard InChI is InChI=1S/C22H26ClN3O4S/c1-31(28,29)26-15-21(30-20-9-8-18(23)12-19(20)26)22(27)24-13-16-4-6-17(7-5-16)14-25-10-2-3-11-25/h4-9,12,21H,2-3,10-11,13-15H2,1H3,(H,24,27). The van der Waals surface area contributed by atoms with Crippen LogP contribution < -0.4 is 14.4 Å². The normalized spacial score (nSPS) is 19.0. The molecule has 1 N–H and O–H groups in total. The van der Waals surface area contributed by atoms with E-state index in [0.29, 0.717) is 23.0 Å². The molecule has 2 aromatic carbocycles. The minimum absolute atomic E-state index is 0.104.